The number of esters is 2. The molecule has 1 aliphatic heterocycles. The van der Waals surface area contributed by atoms with Gasteiger partial charge in [-0.15, -0.1) is 0 Å². The number of ether oxygens (including phenoxy) is 2. The van der Waals surface area contributed by atoms with Crippen LogP contribution in [0.5, 0.6) is 0 Å². The summed E-state index contributed by atoms with van der Waals surface area (Å²) in [6, 6.07) is 1.08. The summed E-state index contributed by atoms with van der Waals surface area (Å²) in [5.41, 5.74) is 8.62. The Balaban J connectivity index is 2.35. The van der Waals surface area contributed by atoms with Crippen molar-refractivity contribution >= 4 is 17.8 Å². The van der Waals surface area contributed by atoms with Gasteiger partial charge in [-0.2, -0.15) is 5.48 Å². The molecule has 1 aliphatic rings. The van der Waals surface area contributed by atoms with Gasteiger partial charge in [0.2, 0.25) is 0 Å². The number of rotatable bonds is 5. The summed E-state index contributed by atoms with van der Waals surface area (Å²) in [5.74, 6) is -1.22. The average molecular weight is 364 g/mol. The van der Waals surface area contributed by atoms with Crippen LogP contribution in [0.3, 0.4) is 0 Å². The van der Waals surface area contributed by atoms with Crippen molar-refractivity contribution in [3.05, 3.63) is 29.1 Å². The van der Waals surface area contributed by atoms with Gasteiger partial charge in [0.15, 0.2) is 5.69 Å². The number of carbonyl (C=O) groups is 2. The van der Waals surface area contributed by atoms with E-state index in [1.807, 2.05) is 0 Å². The van der Waals surface area contributed by atoms with Crippen LogP contribution in [0, 0.1) is 5.41 Å². The third-order valence-electron chi connectivity index (χ3n) is 3.72. The Morgan fingerprint density at radius 1 is 1.46 bits per heavy atom. The maximum absolute atomic E-state index is 12.6. The average Bonchev–Trinajstić information content (AvgIpc) is 3.00. The molecule has 1 fully saturated rings. The molecule has 0 spiro atoms. The second-order valence-electron chi connectivity index (χ2n) is 6.96. The highest BCUT2D eigenvalue weighted by molar-refractivity contribution is 6.00. The summed E-state index contributed by atoms with van der Waals surface area (Å²) in [6.07, 6.45) is 1.43. The molecular formula is C17H24N4O5. The third-order valence-corrected chi connectivity index (χ3v) is 3.72. The van der Waals surface area contributed by atoms with E-state index in [2.05, 4.69) is 15.2 Å². The molecule has 0 bridgehead atoms. The van der Waals surface area contributed by atoms with Crippen LogP contribution in [-0.2, 0) is 19.1 Å². The van der Waals surface area contributed by atoms with E-state index < -0.39 is 29.7 Å². The van der Waals surface area contributed by atoms with Gasteiger partial charge in [-0.25, -0.2) is 9.78 Å². The van der Waals surface area contributed by atoms with Gasteiger partial charge in [0.25, 0.3) is 0 Å². The van der Waals surface area contributed by atoms with Crippen molar-refractivity contribution in [1.29, 1.82) is 5.41 Å². The van der Waals surface area contributed by atoms with E-state index in [4.69, 9.17) is 20.7 Å². The minimum absolute atomic E-state index is 0.0624. The molecule has 0 radical (unpaired) electrons. The fraction of sp³-hybridized carbons (Fsp3) is 0.529. The first-order valence-electron chi connectivity index (χ1n) is 8.17. The van der Waals surface area contributed by atoms with E-state index >= 15 is 0 Å². The van der Waals surface area contributed by atoms with Crippen molar-refractivity contribution in [3.63, 3.8) is 0 Å². The molecule has 2 rings (SSSR count). The number of hydrogen-bond donors (Lipinski definition) is 3. The van der Waals surface area contributed by atoms with Gasteiger partial charge >= 0.3 is 11.9 Å². The molecular weight excluding hydrogens is 340 g/mol. The first-order valence-corrected chi connectivity index (χ1v) is 8.17. The van der Waals surface area contributed by atoms with E-state index in [1.165, 1.54) is 13.3 Å². The quantitative estimate of drug-likeness (QED) is 0.403. The Morgan fingerprint density at radius 2 is 2.15 bits per heavy atom. The highest BCUT2D eigenvalue weighted by atomic mass is 16.7. The molecule has 1 aromatic heterocycles. The van der Waals surface area contributed by atoms with Crippen molar-refractivity contribution in [2.24, 2.45) is 5.73 Å². The first kappa shape index (κ1) is 19.8. The fourth-order valence-corrected chi connectivity index (χ4v) is 2.66. The van der Waals surface area contributed by atoms with Crippen LogP contribution >= 0.6 is 0 Å². The highest BCUT2D eigenvalue weighted by Gasteiger charge is 2.35. The molecule has 4 N–H and O–H groups in total. The first-order chi connectivity index (χ1) is 12.1. The van der Waals surface area contributed by atoms with E-state index in [0.29, 0.717) is 17.5 Å². The molecule has 9 nitrogen and oxygen atoms in total. The zero-order valence-electron chi connectivity index (χ0n) is 15.3. The molecule has 1 aromatic rings. The molecule has 0 saturated carbocycles. The van der Waals surface area contributed by atoms with Crippen LogP contribution in [0.1, 0.15) is 61.3 Å². The van der Waals surface area contributed by atoms with Crippen LogP contribution in [0.15, 0.2) is 12.3 Å². The third kappa shape index (κ3) is 4.77. The summed E-state index contributed by atoms with van der Waals surface area (Å²) in [5, 5.41) is 7.81. The van der Waals surface area contributed by atoms with Crippen molar-refractivity contribution in [1.82, 2.24) is 10.5 Å². The SMILES string of the molecule is COC(=O)CC1CC(c2c(C(=N)N)ccnc2C(=O)OC(C)(C)C)NO1. The molecule has 0 aromatic carbocycles. The smallest absolute Gasteiger partial charge is 0.357 e. The van der Waals surface area contributed by atoms with Gasteiger partial charge in [0.1, 0.15) is 11.4 Å². The van der Waals surface area contributed by atoms with Gasteiger partial charge < -0.3 is 15.2 Å². The summed E-state index contributed by atoms with van der Waals surface area (Å²) in [4.78, 5) is 33.6. The largest absolute Gasteiger partial charge is 0.469 e. The normalized spacial score (nSPS) is 19.8. The van der Waals surface area contributed by atoms with Crippen molar-refractivity contribution < 1.29 is 23.9 Å². The number of pyridine rings is 1. The Kier molecular flexibility index (Phi) is 5.94. The molecule has 2 atom stereocenters. The van der Waals surface area contributed by atoms with Gasteiger partial charge in [-0.3, -0.25) is 15.0 Å². The standard InChI is InChI=1S/C17H24N4O5/c1-17(2,3)25-16(23)14-13(10(15(18)19)5-6-20-14)11-7-9(26-21-11)8-12(22)24-4/h5-6,9,11,21H,7-8H2,1-4H3,(H3,18,19). The summed E-state index contributed by atoms with van der Waals surface area (Å²) >= 11 is 0. The van der Waals surface area contributed by atoms with E-state index in [-0.39, 0.29) is 18.0 Å². The molecule has 2 heterocycles. The topological polar surface area (TPSA) is 137 Å². The maximum Gasteiger partial charge on any atom is 0.357 e. The predicted octanol–water partition coefficient (Wildman–Crippen LogP) is 1.22. The van der Waals surface area contributed by atoms with Crippen molar-refractivity contribution in [3.8, 4) is 0 Å². The number of amidine groups is 1. The predicted molar refractivity (Wildman–Crippen MR) is 92.4 cm³/mol. The Bertz CT molecular complexity index is 714. The van der Waals surface area contributed by atoms with Gasteiger partial charge in [-0.1, -0.05) is 0 Å². The van der Waals surface area contributed by atoms with Crippen LogP contribution in [0.25, 0.3) is 0 Å². The number of nitrogens with zero attached hydrogens (tertiary/aromatic N) is 1. The molecule has 0 aliphatic carbocycles. The van der Waals surface area contributed by atoms with Crippen LogP contribution < -0.4 is 11.2 Å². The number of carbonyl (C=O) groups excluding carboxylic acids is 2. The minimum atomic E-state index is -0.699. The second-order valence-corrected chi connectivity index (χ2v) is 6.96. The fourth-order valence-electron chi connectivity index (χ4n) is 2.66. The van der Waals surface area contributed by atoms with Crippen molar-refractivity contribution in [2.45, 2.75) is 51.4 Å². The lowest BCUT2D eigenvalue weighted by atomic mass is 9.94. The van der Waals surface area contributed by atoms with Gasteiger partial charge in [-0.05, 0) is 33.3 Å². The number of nitrogens with two attached hydrogens (primary N) is 1. The number of nitrogen functional groups attached to an aromatic ring is 1. The van der Waals surface area contributed by atoms with Crippen LogP contribution in [-0.4, -0.2) is 41.6 Å². The number of hydrogen-bond acceptors (Lipinski definition) is 8. The van der Waals surface area contributed by atoms with E-state index in [1.54, 1.807) is 26.8 Å². The number of nitrogens with one attached hydrogen (secondary N) is 2. The lowest BCUT2D eigenvalue weighted by Crippen LogP contribution is -2.28. The van der Waals surface area contributed by atoms with Gasteiger partial charge in [0.05, 0.1) is 25.7 Å². The molecule has 9 heteroatoms. The lowest BCUT2D eigenvalue weighted by Gasteiger charge is -2.22. The summed E-state index contributed by atoms with van der Waals surface area (Å²) in [6.45, 7) is 5.26. The Labute approximate surface area is 151 Å². The van der Waals surface area contributed by atoms with Crippen LogP contribution in [0.4, 0.5) is 0 Å². The summed E-state index contributed by atoms with van der Waals surface area (Å²) in [7, 11) is 1.30. The van der Waals surface area contributed by atoms with Crippen molar-refractivity contribution in [2.75, 3.05) is 7.11 Å². The molecule has 142 valence electrons. The molecule has 26 heavy (non-hydrogen) atoms. The highest BCUT2D eigenvalue weighted by Crippen LogP contribution is 2.32. The molecule has 2 unspecified atom stereocenters. The lowest BCUT2D eigenvalue weighted by molar-refractivity contribution is -0.143. The zero-order valence-corrected chi connectivity index (χ0v) is 15.3. The van der Waals surface area contributed by atoms with E-state index in [0.717, 1.165) is 0 Å². The number of methoxy groups -OCH3 is 1. The second kappa shape index (κ2) is 7.79. The minimum Gasteiger partial charge on any atom is -0.469 e. The Morgan fingerprint density at radius 3 is 2.73 bits per heavy atom. The maximum atomic E-state index is 12.6. The number of hydroxylamine groups is 1. The number of aromatic nitrogens is 1. The zero-order chi connectivity index (χ0) is 19.5. The molecule has 0 amide bonds. The monoisotopic (exact) mass is 364 g/mol. The summed E-state index contributed by atoms with van der Waals surface area (Å²) < 4.78 is 10.1. The molecule has 1 saturated heterocycles. The Hall–Kier alpha value is -2.52. The van der Waals surface area contributed by atoms with Crippen LogP contribution in [0.2, 0.25) is 0 Å². The van der Waals surface area contributed by atoms with Gasteiger partial charge in [0, 0.05) is 17.3 Å². The van der Waals surface area contributed by atoms with E-state index in [9.17, 15) is 9.59 Å².